The molecule has 0 aliphatic carbocycles. The highest BCUT2D eigenvalue weighted by Crippen LogP contribution is 2.22. The van der Waals surface area contributed by atoms with Crippen LogP contribution in [0.3, 0.4) is 0 Å². The Morgan fingerprint density at radius 2 is 1.50 bits per heavy atom. The van der Waals surface area contributed by atoms with Crippen LogP contribution in [-0.4, -0.2) is 13.2 Å². The molecule has 1 saturated heterocycles. The highest BCUT2D eigenvalue weighted by Gasteiger charge is 2.17. The number of hydrogen-bond acceptors (Lipinski definition) is 2. The van der Waals surface area contributed by atoms with Crippen molar-refractivity contribution < 1.29 is 9.47 Å². The molecule has 0 radical (unpaired) electrons. The van der Waals surface area contributed by atoms with E-state index in [1.54, 1.807) is 0 Å². The molecule has 2 nitrogen and oxygen atoms in total. The zero-order valence-electron chi connectivity index (χ0n) is 9.12. The number of benzene rings is 1. The molecule has 0 N–H and O–H groups in total. The highest BCUT2D eigenvalue weighted by atomic mass is 16.7. The van der Waals surface area contributed by atoms with E-state index in [9.17, 15) is 0 Å². The predicted molar refractivity (Wildman–Crippen MR) is 57.2 cm³/mol. The molecule has 1 aliphatic heterocycles. The van der Waals surface area contributed by atoms with Crippen LogP contribution >= 0.6 is 0 Å². The van der Waals surface area contributed by atoms with Crippen LogP contribution in [0.15, 0.2) is 24.3 Å². The third kappa shape index (κ3) is 2.82. The average molecular weight is 194 g/mol. The van der Waals surface area contributed by atoms with Gasteiger partial charge in [-0.1, -0.05) is 43.7 Å². The van der Waals surface area contributed by atoms with E-state index in [0.717, 1.165) is 5.56 Å². The van der Waals surface area contributed by atoms with Crippen molar-refractivity contribution in [2.24, 2.45) is 0 Å². The second kappa shape index (κ2) is 5.78. The Bertz CT molecular complexity index is 248. The van der Waals surface area contributed by atoms with Crippen molar-refractivity contribution >= 4 is 0 Å². The third-order valence-electron chi connectivity index (χ3n) is 1.97. The van der Waals surface area contributed by atoms with Gasteiger partial charge in [0.2, 0.25) is 0 Å². The quantitative estimate of drug-likeness (QED) is 0.684. The normalized spacial score (nSPS) is 16.2. The van der Waals surface area contributed by atoms with Gasteiger partial charge in [-0.3, -0.25) is 0 Å². The highest BCUT2D eigenvalue weighted by molar-refractivity contribution is 5.22. The van der Waals surface area contributed by atoms with Gasteiger partial charge in [0.25, 0.3) is 0 Å². The summed E-state index contributed by atoms with van der Waals surface area (Å²) in [7, 11) is 0. The Balaban J connectivity index is 0.000000461. The Hall–Kier alpha value is -0.860. The molecule has 0 amide bonds. The topological polar surface area (TPSA) is 18.5 Å². The van der Waals surface area contributed by atoms with Gasteiger partial charge in [0.1, 0.15) is 0 Å². The summed E-state index contributed by atoms with van der Waals surface area (Å²) in [5, 5.41) is 0. The summed E-state index contributed by atoms with van der Waals surface area (Å²) in [4.78, 5) is 0. The Morgan fingerprint density at radius 3 is 2.00 bits per heavy atom. The standard InChI is InChI=1S/C10H12O2.C2H6/c1-8-2-4-9(5-3-8)10-11-6-7-12-10;1-2/h2-5,10H,6-7H2,1H3;1-2H3. The van der Waals surface area contributed by atoms with Gasteiger partial charge in [0, 0.05) is 5.56 Å². The number of ether oxygens (including phenoxy) is 2. The first kappa shape index (κ1) is 11.2. The lowest BCUT2D eigenvalue weighted by Gasteiger charge is -2.08. The molecule has 0 atom stereocenters. The summed E-state index contributed by atoms with van der Waals surface area (Å²) < 4.78 is 10.7. The maximum atomic E-state index is 5.36. The molecular formula is C12H18O2. The minimum atomic E-state index is -0.134. The second-order valence-corrected chi connectivity index (χ2v) is 2.98. The van der Waals surface area contributed by atoms with E-state index in [-0.39, 0.29) is 6.29 Å². The molecule has 1 aromatic rings. The lowest BCUT2D eigenvalue weighted by Crippen LogP contribution is -1.97. The molecule has 0 spiro atoms. The Morgan fingerprint density at radius 1 is 1.00 bits per heavy atom. The first-order chi connectivity index (χ1) is 6.86. The zero-order chi connectivity index (χ0) is 10.4. The maximum Gasteiger partial charge on any atom is 0.184 e. The molecule has 1 aliphatic rings. The average Bonchev–Trinajstić information content (AvgIpc) is 2.75. The number of rotatable bonds is 1. The molecule has 1 heterocycles. The minimum absolute atomic E-state index is 0.134. The van der Waals surface area contributed by atoms with Crippen LogP contribution in [0.2, 0.25) is 0 Å². The summed E-state index contributed by atoms with van der Waals surface area (Å²) in [5.41, 5.74) is 2.37. The molecule has 0 bridgehead atoms. The van der Waals surface area contributed by atoms with Crippen molar-refractivity contribution in [2.75, 3.05) is 13.2 Å². The van der Waals surface area contributed by atoms with Crippen LogP contribution in [0.25, 0.3) is 0 Å². The Labute approximate surface area is 85.8 Å². The van der Waals surface area contributed by atoms with Gasteiger partial charge in [-0.15, -0.1) is 0 Å². The van der Waals surface area contributed by atoms with E-state index in [1.807, 2.05) is 26.0 Å². The lowest BCUT2D eigenvalue weighted by atomic mass is 10.1. The summed E-state index contributed by atoms with van der Waals surface area (Å²) in [6.07, 6.45) is -0.134. The largest absolute Gasteiger partial charge is 0.346 e. The van der Waals surface area contributed by atoms with E-state index in [1.165, 1.54) is 5.56 Å². The van der Waals surface area contributed by atoms with Crippen LogP contribution in [-0.2, 0) is 9.47 Å². The lowest BCUT2D eigenvalue weighted by molar-refractivity contribution is -0.0441. The molecule has 2 rings (SSSR count). The van der Waals surface area contributed by atoms with Crippen molar-refractivity contribution in [1.29, 1.82) is 0 Å². The summed E-state index contributed by atoms with van der Waals surface area (Å²) in [6.45, 7) is 7.48. The van der Waals surface area contributed by atoms with Gasteiger partial charge in [-0.2, -0.15) is 0 Å². The van der Waals surface area contributed by atoms with Crippen molar-refractivity contribution in [2.45, 2.75) is 27.1 Å². The third-order valence-corrected chi connectivity index (χ3v) is 1.97. The fraction of sp³-hybridized carbons (Fsp3) is 0.500. The van der Waals surface area contributed by atoms with Crippen molar-refractivity contribution in [3.05, 3.63) is 35.4 Å². The number of hydrogen-bond donors (Lipinski definition) is 0. The first-order valence-corrected chi connectivity index (χ1v) is 5.16. The van der Waals surface area contributed by atoms with Crippen LogP contribution in [0.5, 0.6) is 0 Å². The van der Waals surface area contributed by atoms with Crippen LogP contribution in [0.1, 0.15) is 31.3 Å². The van der Waals surface area contributed by atoms with Crippen LogP contribution in [0.4, 0.5) is 0 Å². The predicted octanol–water partition coefficient (Wildman–Crippen LogP) is 3.07. The van der Waals surface area contributed by atoms with Crippen molar-refractivity contribution in [3.8, 4) is 0 Å². The van der Waals surface area contributed by atoms with E-state index in [2.05, 4.69) is 19.1 Å². The monoisotopic (exact) mass is 194 g/mol. The second-order valence-electron chi connectivity index (χ2n) is 2.98. The smallest absolute Gasteiger partial charge is 0.184 e. The molecule has 0 saturated carbocycles. The van der Waals surface area contributed by atoms with Crippen molar-refractivity contribution in [3.63, 3.8) is 0 Å². The van der Waals surface area contributed by atoms with Crippen molar-refractivity contribution in [1.82, 2.24) is 0 Å². The van der Waals surface area contributed by atoms with E-state index in [0.29, 0.717) is 13.2 Å². The minimum Gasteiger partial charge on any atom is -0.346 e. The molecule has 0 unspecified atom stereocenters. The van der Waals surface area contributed by atoms with Gasteiger partial charge in [0.05, 0.1) is 13.2 Å². The fourth-order valence-corrected chi connectivity index (χ4v) is 1.27. The molecule has 1 aromatic carbocycles. The van der Waals surface area contributed by atoms with Gasteiger partial charge in [-0.05, 0) is 6.92 Å². The van der Waals surface area contributed by atoms with E-state index < -0.39 is 0 Å². The van der Waals surface area contributed by atoms with Gasteiger partial charge in [0.15, 0.2) is 6.29 Å². The molecule has 2 heteroatoms. The summed E-state index contributed by atoms with van der Waals surface area (Å²) >= 11 is 0. The maximum absolute atomic E-state index is 5.36. The fourth-order valence-electron chi connectivity index (χ4n) is 1.27. The summed E-state index contributed by atoms with van der Waals surface area (Å²) in [5.74, 6) is 0. The first-order valence-electron chi connectivity index (χ1n) is 5.16. The van der Waals surface area contributed by atoms with Gasteiger partial charge in [-0.25, -0.2) is 0 Å². The molecule has 78 valence electrons. The number of aryl methyl sites for hydroxylation is 1. The van der Waals surface area contributed by atoms with Crippen LogP contribution in [0, 0.1) is 6.92 Å². The zero-order valence-corrected chi connectivity index (χ0v) is 9.12. The Kier molecular flexibility index (Phi) is 4.63. The molecule has 0 aromatic heterocycles. The van der Waals surface area contributed by atoms with E-state index >= 15 is 0 Å². The van der Waals surface area contributed by atoms with Crippen LogP contribution < -0.4 is 0 Å². The SMILES string of the molecule is CC.Cc1ccc(C2OCCO2)cc1. The van der Waals surface area contributed by atoms with Gasteiger partial charge >= 0.3 is 0 Å². The molecular weight excluding hydrogens is 176 g/mol. The molecule has 14 heavy (non-hydrogen) atoms. The molecule has 1 fully saturated rings. The summed E-state index contributed by atoms with van der Waals surface area (Å²) in [6, 6.07) is 8.23. The van der Waals surface area contributed by atoms with E-state index in [4.69, 9.17) is 9.47 Å². The van der Waals surface area contributed by atoms with Gasteiger partial charge < -0.3 is 9.47 Å².